The van der Waals surface area contributed by atoms with Gasteiger partial charge in [-0.25, -0.2) is 0 Å². The second kappa shape index (κ2) is 2.45. The molecule has 2 aliphatic heterocycles. The fourth-order valence-corrected chi connectivity index (χ4v) is 1.71. The zero-order chi connectivity index (χ0) is 5.56. The highest BCUT2D eigenvalue weighted by Gasteiger charge is 2.43. The van der Waals surface area contributed by atoms with Crippen LogP contribution in [0.1, 0.15) is 12.8 Å². The number of hydrogen-bond acceptors (Lipinski definition) is 2. The molecular weight excluding hydrogens is 138 g/mol. The molecule has 3 rings (SSSR count). The summed E-state index contributed by atoms with van der Waals surface area (Å²) < 4.78 is 5.20. The smallest absolute Gasteiger partial charge is 0.0739 e. The number of halogens is 1. The summed E-state index contributed by atoms with van der Waals surface area (Å²) in [5.41, 5.74) is 0. The molecule has 9 heavy (non-hydrogen) atoms. The Morgan fingerprint density at radius 3 is 2.33 bits per heavy atom. The number of fused-ring (bicyclic) bond motifs is 1. The first kappa shape index (κ1) is 7.32. The molecule has 0 amide bonds. The molecule has 0 unspecified atom stereocenters. The van der Waals surface area contributed by atoms with Crippen LogP contribution in [0.3, 0.4) is 0 Å². The highest BCUT2D eigenvalue weighted by atomic mass is 35.5. The van der Waals surface area contributed by atoms with Crippen LogP contribution in [0.4, 0.5) is 0 Å². The predicted molar refractivity (Wildman–Crippen MR) is 38.0 cm³/mol. The number of methoxy groups -OCH3 is 1. The topological polar surface area (TPSA) is 21.3 Å². The Balaban J connectivity index is 0.000000405. The van der Waals surface area contributed by atoms with Crippen molar-refractivity contribution in [2.45, 2.75) is 31.0 Å². The maximum absolute atomic E-state index is 5.20. The van der Waals surface area contributed by atoms with Crippen molar-refractivity contribution in [3.05, 3.63) is 0 Å². The van der Waals surface area contributed by atoms with Crippen LogP contribution < -0.4 is 5.32 Å². The van der Waals surface area contributed by atoms with Gasteiger partial charge in [0.15, 0.2) is 0 Å². The minimum absolute atomic E-state index is 0. The molecule has 2 heterocycles. The molecule has 2 nitrogen and oxygen atoms in total. The molecule has 0 aromatic rings. The summed E-state index contributed by atoms with van der Waals surface area (Å²) in [6, 6.07) is 1.50. The maximum Gasteiger partial charge on any atom is 0.0739 e. The Bertz CT molecular complexity index is 103. The van der Waals surface area contributed by atoms with E-state index < -0.39 is 0 Å². The van der Waals surface area contributed by atoms with E-state index in [-0.39, 0.29) is 12.4 Å². The minimum atomic E-state index is 0. The van der Waals surface area contributed by atoms with Gasteiger partial charge < -0.3 is 10.1 Å². The summed E-state index contributed by atoms with van der Waals surface area (Å²) in [5.74, 6) is 0. The van der Waals surface area contributed by atoms with E-state index in [0.717, 1.165) is 6.04 Å². The van der Waals surface area contributed by atoms with Crippen LogP contribution in [0.5, 0.6) is 0 Å². The van der Waals surface area contributed by atoms with E-state index in [2.05, 4.69) is 5.32 Å². The lowest BCUT2D eigenvalue weighted by Gasteiger charge is -2.26. The van der Waals surface area contributed by atoms with E-state index in [1.165, 1.54) is 12.8 Å². The van der Waals surface area contributed by atoms with Crippen LogP contribution in [0.25, 0.3) is 0 Å². The molecule has 3 heteroatoms. The molecule has 0 aromatic heterocycles. The Kier molecular flexibility index (Phi) is 1.99. The molecule has 3 atom stereocenters. The monoisotopic (exact) mass is 149 g/mol. The second-order valence-electron chi connectivity index (χ2n) is 2.72. The van der Waals surface area contributed by atoms with Crippen molar-refractivity contribution >= 4 is 12.4 Å². The third-order valence-electron chi connectivity index (χ3n) is 2.26. The third-order valence-corrected chi connectivity index (χ3v) is 2.26. The van der Waals surface area contributed by atoms with Gasteiger partial charge in [0.25, 0.3) is 0 Å². The molecule has 2 bridgehead atoms. The fraction of sp³-hybridized carbons (Fsp3) is 1.00. The summed E-state index contributed by atoms with van der Waals surface area (Å²) in [7, 11) is 1.80. The van der Waals surface area contributed by atoms with E-state index in [1.54, 1.807) is 7.11 Å². The highest BCUT2D eigenvalue weighted by molar-refractivity contribution is 5.85. The van der Waals surface area contributed by atoms with Gasteiger partial charge >= 0.3 is 0 Å². The van der Waals surface area contributed by atoms with E-state index >= 15 is 0 Å². The third kappa shape index (κ3) is 0.955. The second-order valence-corrected chi connectivity index (χ2v) is 2.72. The molecular formula is C6H12ClNO. The van der Waals surface area contributed by atoms with Crippen molar-refractivity contribution in [1.82, 2.24) is 5.32 Å². The minimum Gasteiger partial charge on any atom is -0.380 e. The van der Waals surface area contributed by atoms with Gasteiger partial charge in [-0.3, -0.25) is 0 Å². The van der Waals surface area contributed by atoms with E-state index in [4.69, 9.17) is 4.74 Å². The molecule has 1 saturated carbocycles. The number of hydrogen-bond donors (Lipinski definition) is 1. The van der Waals surface area contributed by atoms with Crippen molar-refractivity contribution in [1.29, 1.82) is 0 Å². The van der Waals surface area contributed by atoms with Gasteiger partial charge in [-0.1, -0.05) is 0 Å². The average molecular weight is 150 g/mol. The van der Waals surface area contributed by atoms with Gasteiger partial charge in [-0.2, -0.15) is 0 Å². The van der Waals surface area contributed by atoms with Gasteiger partial charge in [0.2, 0.25) is 0 Å². The molecule has 0 spiro atoms. The van der Waals surface area contributed by atoms with Crippen LogP contribution in [0.2, 0.25) is 0 Å². The number of ether oxygens (including phenoxy) is 1. The van der Waals surface area contributed by atoms with Gasteiger partial charge in [-0.15, -0.1) is 12.4 Å². The van der Waals surface area contributed by atoms with Crippen LogP contribution >= 0.6 is 12.4 Å². The van der Waals surface area contributed by atoms with E-state index in [1.807, 2.05) is 0 Å². The molecule has 0 aromatic carbocycles. The summed E-state index contributed by atoms with van der Waals surface area (Å²) >= 11 is 0. The van der Waals surface area contributed by atoms with Gasteiger partial charge in [0.05, 0.1) is 6.10 Å². The highest BCUT2D eigenvalue weighted by Crippen LogP contribution is 2.31. The first-order valence-electron chi connectivity index (χ1n) is 3.19. The van der Waals surface area contributed by atoms with Crippen LogP contribution in [0.15, 0.2) is 0 Å². The molecule has 1 aliphatic carbocycles. The van der Waals surface area contributed by atoms with Crippen molar-refractivity contribution in [2.75, 3.05) is 7.11 Å². The molecule has 3 aliphatic rings. The average Bonchev–Trinajstić information content (AvgIpc) is 2.15. The van der Waals surface area contributed by atoms with Crippen LogP contribution in [0, 0.1) is 0 Å². The summed E-state index contributed by atoms with van der Waals surface area (Å²) in [6.07, 6.45) is 3.11. The maximum atomic E-state index is 5.20. The summed E-state index contributed by atoms with van der Waals surface area (Å²) in [5, 5.41) is 3.39. The first-order valence-corrected chi connectivity index (χ1v) is 3.19. The lowest BCUT2D eigenvalue weighted by atomic mass is 10.1. The quantitative estimate of drug-likeness (QED) is 0.588. The standard InChI is InChI=1S/C6H11NO.ClH/c1-8-6-3-4-2-5(6)7-4;/h4-7H,2-3H2,1H3;1H/t4-,5+,6-;/m1./s1. The van der Waals surface area contributed by atoms with Crippen molar-refractivity contribution < 1.29 is 4.74 Å². The molecule has 0 radical (unpaired) electrons. The number of rotatable bonds is 1. The lowest BCUT2D eigenvalue weighted by Crippen LogP contribution is -2.46. The van der Waals surface area contributed by atoms with Crippen LogP contribution in [-0.4, -0.2) is 25.3 Å². The van der Waals surface area contributed by atoms with Crippen molar-refractivity contribution in [3.63, 3.8) is 0 Å². The Morgan fingerprint density at radius 2 is 2.11 bits per heavy atom. The van der Waals surface area contributed by atoms with Gasteiger partial charge in [0, 0.05) is 19.2 Å². The molecule has 3 fully saturated rings. The predicted octanol–water partition coefficient (Wildman–Crippen LogP) is 0.557. The Morgan fingerprint density at radius 1 is 1.44 bits per heavy atom. The summed E-state index contributed by atoms with van der Waals surface area (Å²) in [4.78, 5) is 0. The zero-order valence-corrected chi connectivity index (χ0v) is 6.28. The van der Waals surface area contributed by atoms with E-state index in [9.17, 15) is 0 Å². The van der Waals surface area contributed by atoms with Crippen molar-refractivity contribution in [2.24, 2.45) is 0 Å². The fourth-order valence-electron chi connectivity index (χ4n) is 1.71. The first-order chi connectivity index (χ1) is 3.90. The van der Waals surface area contributed by atoms with Gasteiger partial charge in [0.1, 0.15) is 0 Å². The Labute approximate surface area is 61.4 Å². The van der Waals surface area contributed by atoms with Crippen molar-refractivity contribution in [3.8, 4) is 0 Å². The molecule has 54 valence electrons. The lowest BCUT2D eigenvalue weighted by molar-refractivity contribution is 0.0968. The SMILES string of the molecule is CO[C@@H]1C[C@H]2C[C@@H]1N2.Cl. The zero-order valence-electron chi connectivity index (χ0n) is 5.46. The number of nitrogens with one attached hydrogen (secondary N) is 1. The summed E-state index contributed by atoms with van der Waals surface area (Å²) in [6.45, 7) is 0. The molecule has 1 N–H and O–H groups in total. The Hall–Kier alpha value is 0.210. The van der Waals surface area contributed by atoms with E-state index in [0.29, 0.717) is 12.1 Å². The molecule has 2 saturated heterocycles. The van der Waals surface area contributed by atoms with Crippen LogP contribution in [-0.2, 0) is 4.74 Å². The normalized spacial score (nSPS) is 45.7. The largest absolute Gasteiger partial charge is 0.380 e. The van der Waals surface area contributed by atoms with Gasteiger partial charge in [-0.05, 0) is 12.8 Å².